The zero-order valence-corrected chi connectivity index (χ0v) is 13.9. The second-order valence-electron chi connectivity index (χ2n) is 5.88. The number of hydrogen-bond acceptors (Lipinski definition) is 4. The van der Waals surface area contributed by atoms with Gasteiger partial charge in [0.25, 0.3) is 5.91 Å². The number of halogens is 3. The van der Waals surface area contributed by atoms with Gasteiger partial charge in [0.1, 0.15) is 11.4 Å². The second-order valence-corrected chi connectivity index (χ2v) is 5.88. The lowest BCUT2D eigenvalue weighted by Gasteiger charge is -2.27. The average Bonchev–Trinajstić information content (AvgIpc) is 2.66. The van der Waals surface area contributed by atoms with Crippen molar-refractivity contribution in [2.24, 2.45) is 0 Å². The van der Waals surface area contributed by atoms with Crippen molar-refractivity contribution in [1.29, 1.82) is 0 Å². The number of amides is 1. The summed E-state index contributed by atoms with van der Waals surface area (Å²) >= 11 is 0. The molecule has 26 heavy (non-hydrogen) atoms. The Balaban J connectivity index is 1.72. The van der Waals surface area contributed by atoms with Gasteiger partial charge in [0.05, 0.1) is 5.69 Å². The molecule has 1 amide bonds. The molecule has 2 heterocycles. The largest absolute Gasteiger partial charge is 0.484 e. The summed E-state index contributed by atoms with van der Waals surface area (Å²) in [6.07, 6.45) is -4.38. The molecule has 1 aromatic carbocycles. The molecule has 0 radical (unpaired) electrons. The van der Waals surface area contributed by atoms with E-state index in [0.29, 0.717) is 30.0 Å². The summed E-state index contributed by atoms with van der Waals surface area (Å²) in [7, 11) is 0. The van der Waals surface area contributed by atoms with Crippen molar-refractivity contribution in [3.8, 4) is 17.0 Å². The summed E-state index contributed by atoms with van der Waals surface area (Å²) in [6.45, 7) is 1.45. The number of nitrogens with zero attached hydrogens (tertiary/aromatic N) is 2. The first-order valence-electron chi connectivity index (χ1n) is 8.19. The molecule has 0 spiro atoms. The Labute approximate surface area is 148 Å². The molecule has 1 aliphatic rings. The van der Waals surface area contributed by atoms with Gasteiger partial charge in [-0.3, -0.25) is 4.79 Å². The molecule has 0 aliphatic carbocycles. The fourth-order valence-electron chi connectivity index (χ4n) is 2.63. The van der Waals surface area contributed by atoms with Crippen molar-refractivity contribution in [3.63, 3.8) is 0 Å². The minimum Gasteiger partial charge on any atom is -0.484 e. The monoisotopic (exact) mass is 365 g/mol. The third-order valence-corrected chi connectivity index (χ3v) is 3.92. The van der Waals surface area contributed by atoms with Crippen LogP contribution in [0.5, 0.6) is 5.75 Å². The number of hydrogen-bond donors (Lipinski definition) is 1. The predicted molar refractivity (Wildman–Crippen MR) is 90.0 cm³/mol. The van der Waals surface area contributed by atoms with Crippen LogP contribution < -0.4 is 10.1 Å². The molecule has 1 N–H and O–H groups in total. The lowest BCUT2D eigenvalue weighted by atomic mass is 10.1. The molecule has 0 bridgehead atoms. The molecular formula is C18H18F3N3O2. The number of pyridine rings is 1. The Morgan fingerprint density at radius 2 is 1.81 bits per heavy atom. The quantitative estimate of drug-likeness (QED) is 0.905. The standard InChI is InChI=1S/C18H18F3N3O2/c19-18(20,21)12-26-14-6-4-13(5-7-14)15-2-1-3-16(23-15)17(25)24-10-8-22-9-11-24/h1-7,22H,8-12H2. The Bertz CT molecular complexity index is 757. The van der Waals surface area contributed by atoms with Crippen LogP contribution in [0.4, 0.5) is 13.2 Å². The fourth-order valence-corrected chi connectivity index (χ4v) is 2.63. The molecule has 3 rings (SSSR count). The van der Waals surface area contributed by atoms with Gasteiger partial charge in [-0.05, 0) is 36.4 Å². The highest BCUT2D eigenvalue weighted by atomic mass is 19.4. The van der Waals surface area contributed by atoms with E-state index >= 15 is 0 Å². The van der Waals surface area contributed by atoms with Gasteiger partial charge in [-0.1, -0.05) is 6.07 Å². The SMILES string of the molecule is O=C(c1cccc(-c2ccc(OCC(F)(F)F)cc2)n1)N1CCNCC1. The molecule has 1 aromatic heterocycles. The van der Waals surface area contributed by atoms with Crippen LogP contribution in [-0.4, -0.2) is 54.8 Å². The number of rotatable bonds is 4. The number of nitrogens with one attached hydrogen (secondary N) is 1. The van der Waals surface area contributed by atoms with Crippen molar-refractivity contribution in [1.82, 2.24) is 15.2 Å². The number of benzene rings is 1. The minimum atomic E-state index is -4.38. The third kappa shape index (κ3) is 4.72. The summed E-state index contributed by atoms with van der Waals surface area (Å²) in [5, 5.41) is 3.19. The van der Waals surface area contributed by atoms with E-state index < -0.39 is 12.8 Å². The first-order chi connectivity index (χ1) is 12.4. The van der Waals surface area contributed by atoms with E-state index in [-0.39, 0.29) is 11.7 Å². The summed E-state index contributed by atoms with van der Waals surface area (Å²) in [5.41, 5.74) is 1.62. The maximum absolute atomic E-state index is 12.5. The van der Waals surface area contributed by atoms with Crippen LogP contribution in [0.15, 0.2) is 42.5 Å². The van der Waals surface area contributed by atoms with Gasteiger partial charge in [0.15, 0.2) is 6.61 Å². The van der Waals surface area contributed by atoms with Gasteiger partial charge in [-0.15, -0.1) is 0 Å². The summed E-state index contributed by atoms with van der Waals surface area (Å²) < 4.78 is 41.2. The zero-order valence-electron chi connectivity index (χ0n) is 13.9. The van der Waals surface area contributed by atoms with Crippen molar-refractivity contribution in [2.75, 3.05) is 32.8 Å². The van der Waals surface area contributed by atoms with E-state index in [0.717, 1.165) is 13.1 Å². The topological polar surface area (TPSA) is 54.5 Å². The lowest BCUT2D eigenvalue weighted by molar-refractivity contribution is -0.153. The van der Waals surface area contributed by atoms with E-state index in [9.17, 15) is 18.0 Å². The highest BCUT2D eigenvalue weighted by Gasteiger charge is 2.28. The number of carbonyl (C=O) groups is 1. The summed E-state index contributed by atoms with van der Waals surface area (Å²) in [5.74, 6) is -0.00222. The Kier molecular flexibility index (Phi) is 5.41. The number of aromatic nitrogens is 1. The highest BCUT2D eigenvalue weighted by Crippen LogP contribution is 2.23. The molecule has 1 saturated heterocycles. The van der Waals surface area contributed by atoms with Crippen LogP contribution >= 0.6 is 0 Å². The number of alkyl halides is 3. The summed E-state index contributed by atoms with van der Waals surface area (Å²) in [4.78, 5) is 18.7. The van der Waals surface area contributed by atoms with Crippen LogP contribution in [0.3, 0.4) is 0 Å². The molecule has 5 nitrogen and oxygen atoms in total. The van der Waals surface area contributed by atoms with E-state index in [1.807, 2.05) is 0 Å². The van der Waals surface area contributed by atoms with Crippen LogP contribution in [0, 0.1) is 0 Å². The molecule has 0 unspecified atom stereocenters. The van der Waals surface area contributed by atoms with Gasteiger partial charge in [0.2, 0.25) is 0 Å². The Hall–Kier alpha value is -2.61. The van der Waals surface area contributed by atoms with E-state index in [2.05, 4.69) is 10.3 Å². The van der Waals surface area contributed by atoms with Crippen LogP contribution in [0.25, 0.3) is 11.3 Å². The number of ether oxygens (including phenoxy) is 1. The molecule has 138 valence electrons. The summed E-state index contributed by atoms with van der Waals surface area (Å²) in [6, 6.07) is 11.3. The van der Waals surface area contributed by atoms with Crippen LogP contribution in [0.2, 0.25) is 0 Å². The highest BCUT2D eigenvalue weighted by molar-refractivity contribution is 5.93. The molecule has 0 saturated carbocycles. The lowest BCUT2D eigenvalue weighted by Crippen LogP contribution is -2.46. The predicted octanol–water partition coefficient (Wildman–Crippen LogP) is 2.74. The fraction of sp³-hybridized carbons (Fsp3) is 0.333. The third-order valence-electron chi connectivity index (χ3n) is 3.92. The van der Waals surface area contributed by atoms with Gasteiger partial charge in [0, 0.05) is 31.7 Å². The van der Waals surface area contributed by atoms with Crippen molar-refractivity contribution >= 4 is 5.91 Å². The van der Waals surface area contributed by atoms with Crippen molar-refractivity contribution in [2.45, 2.75) is 6.18 Å². The smallest absolute Gasteiger partial charge is 0.422 e. The van der Waals surface area contributed by atoms with Crippen molar-refractivity contribution < 1.29 is 22.7 Å². The van der Waals surface area contributed by atoms with Crippen LogP contribution in [-0.2, 0) is 0 Å². The van der Waals surface area contributed by atoms with E-state index in [1.54, 1.807) is 35.2 Å². The normalized spacial score (nSPS) is 15.0. The Morgan fingerprint density at radius 1 is 1.12 bits per heavy atom. The molecule has 1 aliphatic heterocycles. The first kappa shape index (κ1) is 18.2. The molecule has 2 aromatic rings. The average molecular weight is 365 g/mol. The first-order valence-corrected chi connectivity index (χ1v) is 8.19. The van der Waals surface area contributed by atoms with E-state index in [4.69, 9.17) is 4.74 Å². The van der Waals surface area contributed by atoms with Crippen molar-refractivity contribution in [3.05, 3.63) is 48.2 Å². The van der Waals surface area contributed by atoms with E-state index in [1.165, 1.54) is 12.1 Å². The van der Waals surface area contributed by atoms with Crippen LogP contribution in [0.1, 0.15) is 10.5 Å². The number of piperazine rings is 1. The van der Waals surface area contributed by atoms with Gasteiger partial charge >= 0.3 is 6.18 Å². The zero-order chi connectivity index (χ0) is 18.6. The van der Waals surface area contributed by atoms with Gasteiger partial charge in [-0.25, -0.2) is 4.98 Å². The molecule has 0 atom stereocenters. The van der Waals surface area contributed by atoms with Gasteiger partial charge < -0.3 is 15.0 Å². The molecule has 1 fully saturated rings. The molecule has 8 heteroatoms. The minimum absolute atomic E-state index is 0.124. The Morgan fingerprint density at radius 3 is 2.46 bits per heavy atom. The maximum Gasteiger partial charge on any atom is 0.422 e. The van der Waals surface area contributed by atoms with Gasteiger partial charge in [-0.2, -0.15) is 13.2 Å². The maximum atomic E-state index is 12.5. The molecular weight excluding hydrogens is 347 g/mol. The second kappa shape index (κ2) is 7.74. The number of carbonyl (C=O) groups excluding carboxylic acids is 1.